The third kappa shape index (κ3) is 4.30. The summed E-state index contributed by atoms with van der Waals surface area (Å²) >= 11 is 0. The fourth-order valence-corrected chi connectivity index (χ4v) is 4.88. The van der Waals surface area contributed by atoms with Crippen LogP contribution in [0.25, 0.3) is 0 Å². The number of methoxy groups -OCH3 is 2. The molecule has 0 spiro atoms. The summed E-state index contributed by atoms with van der Waals surface area (Å²) in [7, 11) is 3.06. The Hall–Kier alpha value is -3.39. The Bertz CT molecular complexity index is 1130. The van der Waals surface area contributed by atoms with Gasteiger partial charge in [-0.15, -0.1) is 0 Å². The number of nitrogens with zero attached hydrogens (tertiary/aromatic N) is 4. The monoisotopic (exact) mass is 447 g/mol. The van der Waals surface area contributed by atoms with Crippen molar-refractivity contribution in [3.8, 4) is 11.8 Å². The van der Waals surface area contributed by atoms with E-state index in [1.165, 1.54) is 23.9 Å². The molecule has 1 saturated heterocycles. The van der Waals surface area contributed by atoms with Crippen LogP contribution in [0.3, 0.4) is 0 Å². The number of carbonyl (C=O) groups is 1. The number of aromatic nitrogens is 3. The van der Waals surface area contributed by atoms with Crippen molar-refractivity contribution in [3.05, 3.63) is 70.5 Å². The predicted molar refractivity (Wildman–Crippen MR) is 123 cm³/mol. The van der Waals surface area contributed by atoms with Gasteiger partial charge in [0.1, 0.15) is 5.56 Å². The Kier molecular flexibility index (Phi) is 6.00. The summed E-state index contributed by atoms with van der Waals surface area (Å²) in [4.78, 5) is 21.8. The van der Waals surface area contributed by atoms with E-state index in [-0.39, 0.29) is 17.7 Å². The van der Waals surface area contributed by atoms with Gasteiger partial charge in [0.05, 0.1) is 19.9 Å². The van der Waals surface area contributed by atoms with Crippen molar-refractivity contribution in [1.29, 1.82) is 0 Å². The summed E-state index contributed by atoms with van der Waals surface area (Å²) < 4.78 is 10.5. The smallest absolute Gasteiger partial charge is 0.259 e. The molecular formula is C25H29N5O3. The third-order valence-electron chi connectivity index (χ3n) is 6.62. The molecule has 0 aliphatic carbocycles. The quantitative estimate of drug-likeness (QED) is 0.626. The van der Waals surface area contributed by atoms with Crippen molar-refractivity contribution in [1.82, 2.24) is 25.0 Å². The number of carbonyl (C=O) groups excluding carboxylic acids is 1. The maximum absolute atomic E-state index is 13.2. The number of rotatable bonds is 6. The maximum atomic E-state index is 13.2. The minimum atomic E-state index is -0.0698. The topological polar surface area (TPSA) is 83.6 Å². The number of pyridine rings is 1. The van der Waals surface area contributed by atoms with E-state index in [9.17, 15) is 4.79 Å². The second kappa shape index (κ2) is 9.23. The molecule has 2 aliphatic rings. The SMILES string of the molecule is COc1ccc(C(=O)N2CCC(c3n[nH]c4c3CN(Cc3ccccc3)CC4)C2)c(OC)n1. The first-order valence-electron chi connectivity index (χ1n) is 11.4. The summed E-state index contributed by atoms with van der Waals surface area (Å²) in [5.74, 6) is 0.866. The Balaban J connectivity index is 1.29. The number of aromatic amines is 1. The summed E-state index contributed by atoms with van der Waals surface area (Å²) in [6.07, 6.45) is 1.87. The van der Waals surface area contributed by atoms with Gasteiger partial charge < -0.3 is 14.4 Å². The minimum Gasteiger partial charge on any atom is -0.481 e. The third-order valence-corrected chi connectivity index (χ3v) is 6.62. The standard InChI is InChI=1S/C25H29N5O3/c1-32-22-9-8-19(24(26-22)33-2)25(31)30-13-10-18(15-30)23-20-16-29(12-11-21(20)27-28-23)14-17-6-4-3-5-7-17/h3-9,18H,10-16H2,1-2H3,(H,27,28). The van der Waals surface area contributed by atoms with Crippen LogP contribution in [0.5, 0.6) is 11.8 Å². The van der Waals surface area contributed by atoms with E-state index in [0.29, 0.717) is 24.5 Å². The zero-order valence-corrected chi connectivity index (χ0v) is 19.1. The molecule has 8 heteroatoms. The van der Waals surface area contributed by atoms with Crippen LogP contribution in [0.1, 0.15) is 45.2 Å². The zero-order valence-electron chi connectivity index (χ0n) is 19.1. The van der Waals surface area contributed by atoms with Crippen LogP contribution in [-0.2, 0) is 19.5 Å². The van der Waals surface area contributed by atoms with E-state index in [4.69, 9.17) is 14.6 Å². The molecule has 1 amide bonds. The lowest BCUT2D eigenvalue weighted by atomic mass is 9.96. The lowest BCUT2D eigenvalue weighted by Crippen LogP contribution is -2.31. The number of fused-ring (bicyclic) bond motifs is 1. The van der Waals surface area contributed by atoms with E-state index in [1.54, 1.807) is 19.2 Å². The van der Waals surface area contributed by atoms with Crippen LogP contribution in [0.2, 0.25) is 0 Å². The molecule has 0 saturated carbocycles. The number of nitrogens with one attached hydrogen (secondary N) is 1. The van der Waals surface area contributed by atoms with Crippen LogP contribution in [0.15, 0.2) is 42.5 Å². The molecule has 3 aromatic rings. The molecule has 2 aromatic heterocycles. The van der Waals surface area contributed by atoms with Crippen LogP contribution in [0, 0.1) is 0 Å². The van der Waals surface area contributed by atoms with Gasteiger partial charge in [-0.1, -0.05) is 30.3 Å². The molecule has 0 radical (unpaired) electrons. The molecule has 1 unspecified atom stereocenters. The Labute approximate surface area is 193 Å². The fourth-order valence-electron chi connectivity index (χ4n) is 4.88. The lowest BCUT2D eigenvalue weighted by molar-refractivity contribution is 0.0786. The zero-order chi connectivity index (χ0) is 22.8. The molecular weight excluding hydrogens is 418 g/mol. The van der Waals surface area contributed by atoms with Crippen molar-refractivity contribution in [3.63, 3.8) is 0 Å². The van der Waals surface area contributed by atoms with E-state index >= 15 is 0 Å². The van der Waals surface area contributed by atoms with Crippen molar-refractivity contribution < 1.29 is 14.3 Å². The van der Waals surface area contributed by atoms with E-state index in [0.717, 1.165) is 38.2 Å². The number of ether oxygens (including phenoxy) is 2. The molecule has 5 rings (SSSR count). The predicted octanol–water partition coefficient (Wildman–Crippen LogP) is 3.01. The van der Waals surface area contributed by atoms with Gasteiger partial charge in [0.25, 0.3) is 5.91 Å². The number of likely N-dealkylation sites (tertiary alicyclic amines) is 1. The highest BCUT2D eigenvalue weighted by atomic mass is 16.5. The summed E-state index contributed by atoms with van der Waals surface area (Å²) in [6, 6.07) is 14.0. The first-order valence-corrected chi connectivity index (χ1v) is 11.4. The number of hydrogen-bond donors (Lipinski definition) is 1. The highest BCUT2D eigenvalue weighted by Gasteiger charge is 2.34. The van der Waals surface area contributed by atoms with Crippen LogP contribution in [0.4, 0.5) is 0 Å². The van der Waals surface area contributed by atoms with Crippen LogP contribution >= 0.6 is 0 Å². The van der Waals surface area contributed by atoms with Gasteiger partial charge in [-0.05, 0) is 18.1 Å². The second-order valence-electron chi connectivity index (χ2n) is 8.66. The molecule has 1 aromatic carbocycles. The van der Waals surface area contributed by atoms with Gasteiger partial charge in [-0.3, -0.25) is 14.8 Å². The molecule has 8 nitrogen and oxygen atoms in total. The van der Waals surface area contributed by atoms with Crippen LogP contribution in [-0.4, -0.2) is 64.7 Å². The van der Waals surface area contributed by atoms with Gasteiger partial charge in [-0.2, -0.15) is 10.1 Å². The number of hydrogen-bond acceptors (Lipinski definition) is 6. The average Bonchev–Trinajstić information content (AvgIpc) is 3.51. The van der Waals surface area contributed by atoms with Crippen molar-refractivity contribution >= 4 is 5.91 Å². The maximum Gasteiger partial charge on any atom is 0.259 e. The van der Waals surface area contributed by atoms with Crippen molar-refractivity contribution in [2.75, 3.05) is 33.9 Å². The number of amides is 1. The molecule has 172 valence electrons. The highest BCUT2D eigenvalue weighted by molar-refractivity contribution is 5.96. The number of H-pyrrole nitrogens is 1. The van der Waals surface area contributed by atoms with Gasteiger partial charge >= 0.3 is 0 Å². The first kappa shape index (κ1) is 21.5. The van der Waals surface area contributed by atoms with Gasteiger partial charge in [0, 0.05) is 62.4 Å². The van der Waals surface area contributed by atoms with Crippen LogP contribution < -0.4 is 9.47 Å². The highest BCUT2D eigenvalue weighted by Crippen LogP contribution is 2.33. The first-order chi connectivity index (χ1) is 16.2. The Morgan fingerprint density at radius 3 is 2.76 bits per heavy atom. The molecule has 1 N–H and O–H groups in total. The Morgan fingerprint density at radius 1 is 1.12 bits per heavy atom. The molecule has 4 heterocycles. The van der Waals surface area contributed by atoms with Crippen molar-refractivity contribution in [2.45, 2.75) is 31.8 Å². The molecule has 2 aliphatic heterocycles. The van der Waals surface area contributed by atoms with E-state index < -0.39 is 0 Å². The molecule has 0 bridgehead atoms. The van der Waals surface area contributed by atoms with Gasteiger partial charge in [-0.25, -0.2) is 0 Å². The normalized spacial score (nSPS) is 18.2. The second-order valence-corrected chi connectivity index (χ2v) is 8.66. The number of benzene rings is 1. The molecule has 1 atom stereocenters. The van der Waals surface area contributed by atoms with Gasteiger partial charge in [0.15, 0.2) is 0 Å². The summed E-state index contributed by atoms with van der Waals surface area (Å²) in [6.45, 7) is 4.17. The lowest BCUT2D eigenvalue weighted by Gasteiger charge is -2.27. The largest absolute Gasteiger partial charge is 0.481 e. The molecule has 33 heavy (non-hydrogen) atoms. The minimum absolute atomic E-state index is 0.0698. The van der Waals surface area contributed by atoms with Crippen molar-refractivity contribution in [2.24, 2.45) is 0 Å². The van der Waals surface area contributed by atoms with E-state index in [2.05, 4.69) is 45.3 Å². The molecule has 1 fully saturated rings. The van der Waals surface area contributed by atoms with Gasteiger partial charge in [0.2, 0.25) is 11.8 Å². The summed E-state index contributed by atoms with van der Waals surface area (Å²) in [5, 5.41) is 7.97. The Morgan fingerprint density at radius 2 is 1.97 bits per heavy atom. The summed E-state index contributed by atoms with van der Waals surface area (Å²) in [5.41, 5.74) is 5.43. The average molecular weight is 448 g/mol. The fraction of sp³-hybridized carbons (Fsp3) is 0.400. The van der Waals surface area contributed by atoms with E-state index in [1.807, 2.05) is 4.90 Å².